The number of aliphatic hydroxyl groups is 1. The molecule has 0 aliphatic carbocycles. The molecule has 2 rings (SSSR count). The molecule has 0 radical (unpaired) electrons. The third kappa shape index (κ3) is 1.15. The van der Waals surface area contributed by atoms with Crippen LogP contribution in [0.5, 0.6) is 0 Å². The second-order valence-corrected chi connectivity index (χ2v) is 3.58. The summed E-state index contributed by atoms with van der Waals surface area (Å²) in [5.74, 6) is 0. The lowest BCUT2D eigenvalue weighted by atomic mass is 10.2. The molecule has 2 N–H and O–H groups in total. The van der Waals surface area contributed by atoms with Gasteiger partial charge in [-0.1, -0.05) is 15.9 Å². The maximum Gasteiger partial charge on any atom is 0.0702 e. The molecule has 0 atom stereocenters. The zero-order chi connectivity index (χ0) is 8.55. The van der Waals surface area contributed by atoms with E-state index in [1.165, 1.54) is 0 Å². The summed E-state index contributed by atoms with van der Waals surface area (Å²) in [5, 5.41) is 10.1. The highest BCUT2D eigenvalue weighted by Gasteiger charge is 2.01. The molecule has 0 fully saturated rings. The van der Waals surface area contributed by atoms with Crippen LogP contribution in [0.3, 0.4) is 0 Å². The first-order valence-corrected chi connectivity index (χ1v) is 4.47. The van der Waals surface area contributed by atoms with Gasteiger partial charge in [0.2, 0.25) is 0 Å². The molecule has 0 amide bonds. The van der Waals surface area contributed by atoms with Crippen molar-refractivity contribution in [1.82, 2.24) is 4.98 Å². The van der Waals surface area contributed by atoms with Crippen LogP contribution in [0.4, 0.5) is 0 Å². The smallest absolute Gasteiger partial charge is 0.0702 e. The number of aromatic amines is 1. The van der Waals surface area contributed by atoms with E-state index in [2.05, 4.69) is 20.9 Å². The maximum atomic E-state index is 8.98. The molecule has 3 heteroatoms. The number of halogens is 1. The summed E-state index contributed by atoms with van der Waals surface area (Å²) in [6, 6.07) is 5.95. The minimum atomic E-state index is 0.0798. The molecule has 1 aromatic carbocycles. The number of H-pyrrole nitrogens is 1. The van der Waals surface area contributed by atoms with Crippen molar-refractivity contribution >= 4 is 26.8 Å². The van der Waals surface area contributed by atoms with Crippen molar-refractivity contribution in [2.75, 3.05) is 0 Å². The van der Waals surface area contributed by atoms with Crippen molar-refractivity contribution in [3.63, 3.8) is 0 Å². The Morgan fingerprint density at radius 2 is 2.25 bits per heavy atom. The van der Waals surface area contributed by atoms with E-state index in [4.69, 9.17) is 5.11 Å². The van der Waals surface area contributed by atoms with Gasteiger partial charge in [-0.15, -0.1) is 0 Å². The molecule has 12 heavy (non-hydrogen) atoms. The van der Waals surface area contributed by atoms with Gasteiger partial charge in [-0.2, -0.15) is 0 Å². The van der Waals surface area contributed by atoms with Crippen molar-refractivity contribution in [2.24, 2.45) is 0 Å². The maximum absolute atomic E-state index is 8.98. The lowest BCUT2D eigenvalue weighted by Crippen LogP contribution is -1.77. The number of aromatic nitrogens is 1. The van der Waals surface area contributed by atoms with Crippen molar-refractivity contribution in [1.29, 1.82) is 0 Å². The molecule has 1 heterocycles. The topological polar surface area (TPSA) is 36.0 Å². The molecule has 2 nitrogen and oxygen atoms in total. The molecular weight excluding hydrogens is 218 g/mol. The van der Waals surface area contributed by atoms with Crippen LogP contribution in [-0.2, 0) is 6.61 Å². The highest BCUT2D eigenvalue weighted by atomic mass is 79.9. The predicted octanol–water partition coefficient (Wildman–Crippen LogP) is 2.42. The first kappa shape index (κ1) is 7.83. The van der Waals surface area contributed by atoms with E-state index in [0.29, 0.717) is 0 Å². The van der Waals surface area contributed by atoms with E-state index in [1.807, 2.05) is 24.4 Å². The highest BCUT2D eigenvalue weighted by molar-refractivity contribution is 9.10. The number of aliphatic hydroxyl groups excluding tert-OH is 1. The first-order valence-electron chi connectivity index (χ1n) is 3.67. The van der Waals surface area contributed by atoms with Crippen LogP contribution < -0.4 is 0 Å². The van der Waals surface area contributed by atoms with Crippen molar-refractivity contribution in [3.05, 3.63) is 34.4 Å². The second kappa shape index (κ2) is 2.92. The third-order valence-electron chi connectivity index (χ3n) is 1.90. The van der Waals surface area contributed by atoms with E-state index in [9.17, 15) is 0 Å². The fourth-order valence-corrected chi connectivity index (χ4v) is 1.64. The minimum absolute atomic E-state index is 0.0798. The number of nitrogens with one attached hydrogen (secondary N) is 1. The third-order valence-corrected chi connectivity index (χ3v) is 2.39. The van der Waals surface area contributed by atoms with Crippen molar-refractivity contribution in [2.45, 2.75) is 6.61 Å². The normalized spacial score (nSPS) is 10.8. The molecule has 0 unspecified atom stereocenters. The molecule has 0 aliphatic rings. The summed E-state index contributed by atoms with van der Waals surface area (Å²) >= 11 is 3.38. The van der Waals surface area contributed by atoms with E-state index in [-0.39, 0.29) is 6.61 Å². The average molecular weight is 226 g/mol. The van der Waals surface area contributed by atoms with Crippen LogP contribution in [0.25, 0.3) is 10.9 Å². The van der Waals surface area contributed by atoms with Crippen LogP contribution >= 0.6 is 15.9 Å². The Hall–Kier alpha value is -0.800. The number of hydrogen-bond donors (Lipinski definition) is 2. The van der Waals surface area contributed by atoms with Gasteiger partial charge in [0.05, 0.1) is 6.61 Å². The Balaban J connectivity index is 2.75. The Bertz CT molecular complexity index is 408. The lowest BCUT2D eigenvalue weighted by Gasteiger charge is -1.93. The van der Waals surface area contributed by atoms with E-state index in [0.717, 1.165) is 20.9 Å². The van der Waals surface area contributed by atoms with Gasteiger partial charge in [-0.05, 0) is 18.2 Å². The second-order valence-electron chi connectivity index (χ2n) is 2.66. The number of benzene rings is 1. The van der Waals surface area contributed by atoms with Gasteiger partial charge in [0, 0.05) is 27.1 Å². The number of rotatable bonds is 1. The van der Waals surface area contributed by atoms with Gasteiger partial charge in [0.1, 0.15) is 0 Å². The summed E-state index contributed by atoms with van der Waals surface area (Å²) in [4.78, 5) is 3.09. The van der Waals surface area contributed by atoms with Gasteiger partial charge >= 0.3 is 0 Å². The van der Waals surface area contributed by atoms with Crippen LogP contribution in [0, 0.1) is 0 Å². The predicted molar refractivity (Wildman–Crippen MR) is 51.9 cm³/mol. The van der Waals surface area contributed by atoms with E-state index < -0.39 is 0 Å². The van der Waals surface area contributed by atoms with Crippen LogP contribution in [-0.4, -0.2) is 10.1 Å². The van der Waals surface area contributed by atoms with Gasteiger partial charge in [-0.3, -0.25) is 0 Å². The zero-order valence-electron chi connectivity index (χ0n) is 6.34. The van der Waals surface area contributed by atoms with Gasteiger partial charge in [0.25, 0.3) is 0 Å². The van der Waals surface area contributed by atoms with Gasteiger partial charge in [-0.25, -0.2) is 0 Å². The highest BCUT2D eigenvalue weighted by Crippen LogP contribution is 2.22. The molecule has 0 bridgehead atoms. The molecule has 2 aromatic rings. The number of fused-ring (bicyclic) bond motifs is 1. The Morgan fingerprint density at radius 3 is 3.00 bits per heavy atom. The molecule has 0 saturated heterocycles. The summed E-state index contributed by atoms with van der Waals surface area (Å²) in [6.07, 6.45) is 1.83. The van der Waals surface area contributed by atoms with Crippen molar-refractivity contribution in [3.8, 4) is 0 Å². The van der Waals surface area contributed by atoms with Crippen molar-refractivity contribution < 1.29 is 5.11 Å². The van der Waals surface area contributed by atoms with Gasteiger partial charge < -0.3 is 10.1 Å². The standard InChI is InChI=1S/C9H8BrNO/c10-7-1-2-9-8(3-7)6(5-12)4-11-9/h1-4,11-12H,5H2. The minimum Gasteiger partial charge on any atom is -0.392 e. The molecular formula is C9H8BrNO. The largest absolute Gasteiger partial charge is 0.392 e. The summed E-state index contributed by atoms with van der Waals surface area (Å²) in [5.41, 5.74) is 1.99. The van der Waals surface area contributed by atoms with E-state index >= 15 is 0 Å². The van der Waals surface area contributed by atoms with E-state index in [1.54, 1.807) is 0 Å². The molecule has 62 valence electrons. The van der Waals surface area contributed by atoms with Crippen LogP contribution in [0.2, 0.25) is 0 Å². The Morgan fingerprint density at radius 1 is 1.42 bits per heavy atom. The number of hydrogen-bond acceptors (Lipinski definition) is 1. The summed E-state index contributed by atoms with van der Waals surface area (Å²) in [6.45, 7) is 0.0798. The quantitative estimate of drug-likeness (QED) is 0.769. The summed E-state index contributed by atoms with van der Waals surface area (Å²) in [7, 11) is 0. The Labute approximate surface area is 78.3 Å². The monoisotopic (exact) mass is 225 g/mol. The molecule has 0 spiro atoms. The lowest BCUT2D eigenvalue weighted by molar-refractivity contribution is 0.283. The fraction of sp³-hybridized carbons (Fsp3) is 0.111. The fourth-order valence-electron chi connectivity index (χ4n) is 1.28. The first-order chi connectivity index (χ1) is 5.81. The molecule has 0 aliphatic heterocycles. The molecule has 1 aromatic heterocycles. The summed E-state index contributed by atoms with van der Waals surface area (Å²) < 4.78 is 1.03. The van der Waals surface area contributed by atoms with Crippen LogP contribution in [0.1, 0.15) is 5.56 Å². The Kier molecular flexibility index (Phi) is 1.90. The van der Waals surface area contributed by atoms with Gasteiger partial charge in [0.15, 0.2) is 0 Å². The average Bonchev–Trinajstić information content (AvgIpc) is 2.46. The SMILES string of the molecule is OCc1c[nH]c2ccc(Br)cc12. The van der Waals surface area contributed by atoms with Crippen LogP contribution in [0.15, 0.2) is 28.9 Å². The molecule has 0 saturated carbocycles. The zero-order valence-corrected chi connectivity index (χ0v) is 7.93.